The lowest BCUT2D eigenvalue weighted by molar-refractivity contribution is -0.0604. The summed E-state index contributed by atoms with van der Waals surface area (Å²) in [6.07, 6.45) is 2.39. The minimum Gasteiger partial charge on any atom is -0.394 e. The van der Waals surface area contributed by atoms with E-state index in [1.807, 2.05) is 0 Å². The molecule has 1 atom stereocenters. The Kier molecular flexibility index (Phi) is 4.38. The van der Waals surface area contributed by atoms with Gasteiger partial charge in [-0.3, -0.25) is 4.90 Å². The van der Waals surface area contributed by atoms with Gasteiger partial charge in [0, 0.05) is 32.8 Å². The summed E-state index contributed by atoms with van der Waals surface area (Å²) in [5, 5.41) is 9.04. The quantitative estimate of drug-likeness (QED) is 0.725. The molecule has 2 heterocycles. The lowest BCUT2D eigenvalue weighted by Crippen LogP contribution is -2.46. The molecule has 4 heteroatoms. The maximum absolute atomic E-state index is 9.04. The lowest BCUT2D eigenvalue weighted by Gasteiger charge is -2.35. The normalized spacial score (nSPS) is 30.6. The third-order valence-corrected chi connectivity index (χ3v) is 3.28. The molecule has 0 aliphatic carbocycles. The van der Waals surface area contributed by atoms with Gasteiger partial charge in [-0.15, -0.1) is 0 Å². The molecule has 0 amide bonds. The lowest BCUT2D eigenvalue weighted by atomic mass is 9.99. The maximum atomic E-state index is 9.04. The zero-order valence-electron chi connectivity index (χ0n) is 9.23. The van der Waals surface area contributed by atoms with Crippen molar-refractivity contribution in [3.05, 3.63) is 0 Å². The highest BCUT2D eigenvalue weighted by Gasteiger charge is 2.23. The molecule has 15 heavy (non-hydrogen) atoms. The Morgan fingerprint density at radius 1 is 1.20 bits per heavy atom. The van der Waals surface area contributed by atoms with Crippen LogP contribution in [0.1, 0.15) is 12.8 Å². The van der Waals surface area contributed by atoms with Crippen molar-refractivity contribution < 1.29 is 14.6 Å². The Hall–Kier alpha value is -0.160. The molecule has 2 saturated heterocycles. The first-order chi connectivity index (χ1) is 7.38. The van der Waals surface area contributed by atoms with Gasteiger partial charge in [-0.2, -0.15) is 0 Å². The van der Waals surface area contributed by atoms with Gasteiger partial charge in [0.15, 0.2) is 0 Å². The van der Waals surface area contributed by atoms with E-state index in [0.717, 1.165) is 45.4 Å². The summed E-state index contributed by atoms with van der Waals surface area (Å²) in [5.41, 5.74) is 0. The molecule has 2 rings (SSSR count). The van der Waals surface area contributed by atoms with Gasteiger partial charge in [-0.25, -0.2) is 0 Å². The predicted molar refractivity (Wildman–Crippen MR) is 56.8 cm³/mol. The Bertz CT molecular complexity index is 183. The highest BCUT2D eigenvalue weighted by molar-refractivity contribution is 4.74. The molecule has 0 bridgehead atoms. The molecule has 2 aliphatic rings. The molecule has 0 spiro atoms. The van der Waals surface area contributed by atoms with Crippen LogP contribution in [0.3, 0.4) is 0 Å². The van der Waals surface area contributed by atoms with Gasteiger partial charge in [0.1, 0.15) is 0 Å². The molecule has 4 nitrogen and oxygen atoms in total. The number of rotatable bonds is 3. The van der Waals surface area contributed by atoms with Crippen LogP contribution in [0.25, 0.3) is 0 Å². The van der Waals surface area contributed by atoms with E-state index < -0.39 is 0 Å². The van der Waals surface area contributed by atoms with Crippen molar-refractivity contribution in [2.75, 3.05) is 46.1 Å². The largest absolute Gasteiger partial charge is 0.394 e. The first kappa shape index (κ1) is 11.3. The van der Waals surface area contributed by atoms with E-state index in [2.05, 4.69) is 4.90 Å². The van der Waals surface area contributed by atoms with Gasteiger partial charge in [0.05, 0.1) is 19.3 Å². The van der Waals surface area contributed by atoms with Crippen LogP contribution in [0.2, 0.25) is 0 Å². The van der Waals surface area contributed by atoms with Gasteiger partial charge in [0.25, 0.3) is 0 Å². The van der Waals surface area contributed by atoms with Crippen molar-refractivity contribution in [1.29, 1.82) is 0 Å². The van der Waals surface area contributed by atoms with Crippen LogP contribution in [0.15, 0.2) is 0 Å². The second kappa shape index (κ2) is 5.80. The van der Waals surface area contributed by atoms with E-state index in [-0.39, 0.29) is 12.7 Å². The van der Waals surface area contributed by atoms with Crippen molar-refractivity contribution in [3.63, 3.8) is 0 Å². The monoisotopic (exact) mass is 215 g/mol. The van der Waals surface area contributed by atoms with Gasteiger partial charge in [-0.05, 0) is 18.8 Å². The van der Waals surface area contributed by atoms with E-state index in [1.54, 1.807) is 0 Å². The van der Waals surface area contributed by atoms with Gasteiger partial charge in [0.2, 0.25) is 0 Å². The van der Waals surface area contributed by atoms with Gasteiger partial charge in [-0.1, -0.05) is 0 Å². The Labute approximate surface area is 91.2 Å². The molecule has 0 radical (unpaired) electrons. The third-order valence-electron chi connectivity index (χ3n) is 3.28. The van der Waals surface area contributed by atoms with E-state index in [9.17, 15) is 0 Å². The Balaban J connectivity index is 1.72. The summed E-state index contributed by atoms with van der Waals surface area (Å²) in [5.74, 6) is 0.774. The van der Waals surface area contributed by atoms with Gasteiger partial charge >= 0.3 is 0 Å². The highest BCUT2D eigenvalue weighted by Crippen LogP contribution is 2.17. The van der Waals surface area contributed by atoms with E-state index in [4.69, 9.17) is 14.6 Å². The summed E-state index contributed by atoms with van der Waals surface area (Å²) in [6, 6.07) is 0. The standard InChI is InChI=1S/C11H21NO3/c13-9-11-8-12(3-6-15-11)7-10-1-4-14-5-2-10/h10-11,13H,1-9H2/t11-/m0/s1. The van der Waals surface area contributed by atoms with E-state index >= 15 is 0 Å². The molecule has 0 aromatic rings. The van der Waals surface area contributed by atoms with Crippen LogP contribution in [-0.2, 0) is 9.47 Å². The maximum Gasteiger partial charge on any atom is 0.0932 e. The fourth-order valence-corrected chi connectivity index (χ4v) is 2.35. The molecule has 88 valence electrons. The summed E-state index contributed by atoms with van der Waals surface area (Å²) in [4.78, 5) is 2.42. The number of aliphatic hydroxyl groups is 1. The zero-order valence-corrected chi connectivity index (χ0v) is 9.23. The molecule has 1 N–H and O–H groups in total. The van der Waals surface area contributed by atoms with Crippen LogP contribution < -0.4 is 0 Å². The third kappa shape index (κ3) is 3.41. The van der Waals surface area contributed by atoms with E-state index in [1.165, 1.54) is 12.8 Å². The van der Waals surface area contributed by atoms with Crippen molar-refractivity contribution in [1.82, 2.24) is 4.90 Å². The molecular formula is C11H21NO3. The molecule has 0 saturated carbocycles. The Morgan fingerprint density at radius 2 is 2.00 bits per heavy atom. The van der Waals surface area contributed by atoms with Crippen LogP contribution in [0.5, 0.6) is 0 Å². The second-order valence-corrected chi connectivity index (χ2v) is 4.49. The second-order valence-electron chi connectivity index (χ2n) is 4.49. The molecule has 2 fully saturated rings. The predicted octanol–water partition coefficient (Wildman–Crippen LogP) is 0.106. The van der Waals surface area contributed by atoms with Crippen molar-refractivity contribution in [3.8, 4) is 0 Å². The topological polar surface area (TPSA) is 41.9 Å². The number of hydrogen-bond donors (Lipinski definition) is 1. The molecule has 0 unspecified atom stereocenters. The number of morpholine rings is 1. The number of nitrogens with zero attached hydrogens (tertiary/aromatic N) is 1. The molecule has 0 aromatic heterocycles. The first-order valence-electron chi connectivity index (χ1n) is 5.91. The number of ether oxygens (including phenoxy) is 2. The summed E-state index contributed by atoms with van der Waals surface area (Å²) >= 11 is 0. The van der Waals surface area contributed by atoms with Crippen molar-refractivity contribution in [2.24, 2.45) is 5.92 Å². The zero-order chi connectivity index (χ0) is 10.5. The fourth-order valence-electron chi connectivity index (χ4n) is 2.35. The summed E-state index contributed by atoms with van der Waals surface area (Å²) in [6.45, 7) is 5.76. The minimum atomic E-state index is 0.0265. The summed E-state index contributed by atoms with van der Waals surface area (Å²) in [7, 11) is 0. The first-order valence-corrected chi connectivity index (χ1v) is 5.91. The molecule has 2 aliphatic heterocycles. The SMILES string of the molecule is OC[C@@H]1CN(CC2CCOCC2)CCO1. The fraction of sp³-hybridized carbons (Fsp3) is 1.00. The smallest absolute Gasteiger partial charge is 0.0932 e. The Morgan fingerprint density at radius 3 is 2.73 bits per heavy atom. The minimum absolute atomic E-state index is 0.0265. The van der Waals surface area contributed by atoms with Crippen LogP contribution >= 0.6 is 0 Å². The summed E-state index contributed by atoms with van der Waals surface area (Å²) < 4.78 is 10.8. The molecule has 0 aromatic carbocycles. The van der Waals surface area contributed by atoms with Crippen LogP contribution in [-0.4, -0.2) is 62.2 Å². The average molecular weight is 215 g/mol. The molecular weight excluding hydrogens is 194 g/mol. The number of aliphatic hydroxyl groups excluding tert-OH is 1. The van der Waals surface area contributed by atoms with Crippen LogP contribution in [0.4, 0.5) is 0 Å². The van der Waals surface area contributed by atoms with Crippen LogP contribution in [0, 0.1) is 5.92 Å². The van der Waals surface area contributed by atoms with Crippen molar-refractivity contribution >= 4 is 0 Å². The number of hydrogen-bond acceptors (Lipinski definition) is 4. The highest BCUT2D eigenvalue weighted by atomic mass is 16.5. The average Bonchev–Trinajstić information content (AvgIpc) is 2.31. The van der Waals surface area contributed by atoms with Crippen molar-refractivity contribution in [2.45, 2.75) is 18.9 Å². The van der Waals surface area contributed by atoms with Gasteiger partial charge < -0.3 is 14.6 Å². The van der Waals surface area contributed by atoms with E-state index in [0.29, 0.717) is 0 Å².